The van der Waals surface area contributed by atoms with E-state index in [0.29, 0.717) is 29.8 Å². The summed E-state index contributed by atoms with van der Waals surface area (Å²) in [7, 11) is 0. The summed E-state index contributed by atoms with van der Waals surface area (Å²) in [5, 5.41) is 7.32. The zero-order valence-corrected chi connectivity index (χ0v) is 14.4. The average molecular weight is 359 g/mol. The van der Waals surface area contributed by atoms with Gasteiger partial charge in [0, 0.05) is 30.1 Å². The molecule has 0 aliphatic rings. The van der Waals surface area contributed by atoms with Crippen LogP contribution in [0, 0.1) is 0 Å². The van der Waals surface area contributed by atoms with Crippen LogP contribution in [0.2, 0.25) is 0 Å². The highest BCUT2D eigenvalue weighted by molar-refractivity contribution is 6.05. The lowest BCUT2D eigenvalue weighted by molar-refractivity contribution is 0.0912. The maximum atomic E-state index is 12.4. The molecule has 0 saturated carbocycles. The maximum absolute atomic E-state index is 12.4. The highest BCUT2D eigenvalue weighted by Crippen LogP contribution is 2.18. The Hall–Kier alpha value is -3.67. The zero-order chi connectivity index (χ0) is 18.6. The molecule has 2 amide bonds. The molecule has 6 nitrogen and oxygen atoms in total. The first-order valence-electron chi connectivity index (χ1n) is 8.61. The number of furan rings is 1. The fourth-order valence-electron chi connectivity index (χ4n) is 2.92. The second-order valence-corrected chi connectivity index (χ2v) is 6.04. The van der Waals surface area contributed by atoms with Gasteiger partial charge >= 0.3 is 0 Å². The largest absolute Gasteiger partial charge is 0.451 e. The molecule has 4 rings (SSSR count). The lowest BCUT2D eigenvalue weighted by atomic mass is 10.1. The van der Waals surface area contributed by atoms with Crippen molar-refractivity contribution in [1.82, 2.24) is 15.6 Å². The third-order valence-corrected chi connectivity index (χ3v) is 4.22. The summed E-state index contributed by atoms with van der Waals surface area (Å²) in [6.45, 7) is 0.591. The lowest BCUT2D eigenvalue weighted by Gasteiger charge is -2.08. The van der Waals surface area contributed by atoms with Gasteiger partial charge in [-0.2, -0.15) is 0 Å². The van der Waals surface area contributed by atoms with Gasteiger partial charge in [0.2, 0.25) is 0 Å². The third kappa shape index (κ3) is 3.50. The Morgan fingerprint density at radius 1 is 0.852 bits per heavy atom. The summed E-state index contributed by atoms with van der Waals surface area (Å²) in [6.07, 6.45) is 1.66. The molecule has 2 N–H and O–H groups in total. The van der Waals surface area contributed by atoms with Crippen LogP contribution in [0.25, 0.3) is 21.9 Å². The van der Waals surface area contributed by atoms with Gasteiger partial charge in [-0.05, 0) is 24.3 Å². The first kappa shape index (κ1) is 16.8. The van der Waals surface area contributed by atoms with Crippen LogP contribution in [0.15, 0.2) is 71.3 Å². The molecule has 6 heteroatoms. The van der Waals surface area contributed by atoms with Gasteiger partial charge < -0.3 is 15.1 Å². The summed E-state index contributed by atoms with van der Waals surface area (Å²) >= 11 is 0. The topological polar surface area (TPSA) is 84.2 Å². The molecule has 0 bridgehead atoms. The summed E-state index contributed by atoms with van der Waals surface area (Å²) in [6, 6.07) is 18.3. The number of pyridine rings is 1. The van der Waals surface area contributed by atoms with Crippen molar-refractivity contribution >= 4 is 33.7 Å². The Labute approximate surface area is 155 Å². The standard InChI is InChI=1S/C21H17N3O3/c25-20(16-8-3-6-14-7-4-10-22-19(14)16)23-11-12-24-21(26)18-13-15-5-1-2-9-17(15)27-18/h1-10,13H,11-12H2,(H,23,25)(H,24,26). The second-order valence-electron chi connectivity index (χ2n) is 6.04. The molecule has 134 valence electrons. The van der Waals surface area contributed by atoms with Crippen LogP contribution < -0.4 is 10.6 Å². The summed E-state index contributed by atoms with van der Waals surface area (Å²) in [5.74, 6) is -0.287. The predicted octanol–water partition coefficient (Wildman–Crippen LogP) is 3.14. The van der Waals surface area contributed by atoms with Crippen molar-refractivity contribution < 1.29 is 14.0 Å². The van der Waals surface area contributed by atoms with Crippen LogP contribution >= 0.6 is 0 Å². The van der Waals surface area contributed by atoms with Crippen molar-refractivity contribution in [2.24, 2.45) is 0 Å². The molecular weight excluding hydrogens is 342 g/mol. The number of amides is 2. The van der Waals surface area contributed by atoms with Gasteiger partial charge in [0.05, 0.1) is 11.1 Å². The normalized spacial score (nSPS) is 10.8. The van der Waals surface area contributed by atoms with Crippen molar-refractivity contribution in [3.63, 3.8) is 0 Å². The molecule has 2 aromatic heterocycles. The number of benzene rings is 2. The zero-order valence-electron chi connectivity index (χ0n) is 14.4. The highest BCUT2D eigenvalue weighted by atomic mass is 16.3. The number of nitrogens with one attached hydrogen (secondary N) is 2. The minimum absolute atomic E-state index is 0.225. The van der Waals surface area contributed by atoms with Crippen molar-refractivity contribution in [3.05, 3.63) is 78.2 Å². The molecule has 0 atom stereocenters. The minimum atomic E-state index is -0.313. The Morgan fingerprint density at radius 3 is 2.44 bits per heavy atom. The number of hydrogen-bond donors (Lipinski definition) is 2. The SMILES string of the molecule is O=C(NCCNC(=O)c1cccc2cccnc12)c1cc2ccccc2o1. The van der Waals surface area contributed by atoms with Crippen molar-refractivity contribution in [1.29, 1.82) is 0 Å². The van der Waals surface area contributed by atoms with Crippen molar-refractivity contribution in [3.8, 4) is 0 Å². The van der Waals surface area contributed by atoms with Crippen LogP contribution in [0.3, 0.4) is 0 Å². The van der Waals surface area contributed by atoms with Crippen LogP contribution in [0.1, 0.15) is 20.9 Å². The molecule has 2 aromatic carbocycles. The van der Waals surface area contributed by atoms with E-state index in [-0.39, 0.29) is 17.6 Å². The van der Waals surface area contributed by atoms with E-state index in [9.17, 15) is 9.59 Å². The number of aromatic nitrogens is 1. The third-order valence-electron chi connectivity index (χ3n) is 4.22. The number of carbonyl (C=O) groups excluding carboxylic acids is 2. The Balaban J connectivity index is 1.34. The fraction of sp³-hybridized carbons (Fsp3) is 0.0952. The molecule has 2 heterocycles. The van der Waals surface area contributed by atoms with E-state index >= 15 is 0 Å². The Morgan fingerprint density at radius 2 is 1.59 bits per heavy atom. The van der Waals surface area contributed by atoms with Crippen LogP contribution in [-0.2, 0) is 0 Å². The van der Waals surface area contributed by atoms with Crippen molar-refractivity contribution in [2.75, 3.05) is 13.1 Å². The first-order chi connectivity index (χ1) is 13.2. The van der Waals surface area contributed by atoms with E-state index in [4.69, 9.17) is 4.42 Å². The monoisotopic (exact) mass is 359 g/mol. The highest BCUT2D eigenvalue weighted by Gasteiger charge is 2.13. The van der Waals surface area contributed by atoms with Gasteiger partial charge in [-0.3, -0.25) is 14.6 Å². The van der Waals surface area contributed by atoms with E-state index in [1.165, 1.54) is 0 Å². The molecule has 0 aliphatic heterocycles. The summed E-state index contributed by atoms with van der Waals surface area (Å²) in [4.78, 5) is 28.9. The molecule has 0 radical (unpaired) electrons. The number of nitrogens with zero attached hydrogens (tertiary/aromatic N) is 1. The van der Waals surface area contributed by atoms with E-state index in [0.717, 1.165) is 10.8 Å². The van der Waals surface area contributed by atoms with Crippen LogP contribution in [0.4, 0.5) is 0 Å². The van der Waals surface area contributed by atoms with Crippen LogP contribution in [-0.4, -0.2) is 29.9 Å². The molecule has 0 unspecified atom stereocenters. The van der Waals surface area contributed by atoms with E-state index in [1.54, 1.807) is 18.3 Å². The molecule has 0 saturated heterocycles. The predicted molar refractivity (Wildman–Crippen MR) is 103 cm³/mol. The van der Waals surface area contributed by atoms with Gasteiger partial charge in [0.1, 0.15) is 5.58 Å². The molecule has 0 spiro atoms. The molecule has 0 fully saturated rings. The Bertz CT molecular complexity index is 1100. The van der Waals surface area contributed by atoms with Crippen LogP contribution in [0.5, 0.6) is 0 Å². The number of para-hydroxylation sites is 2. The molecule has 27 heavy (non-hydrogen) atoms. The Kier molecular flexibility index (Phi) is 4.53. The number of rotatable bonds is 5. The van der Waals surface area contributed by atoms with Gasteiger partial charge in [0.25, 0.3) is 11.8 Å². The molecule has 0 aliphatic carbocycles. The minimum Gasteiger partial charge on any atom is -0.451 e. The van der Waals surface area contributed by atoms with E-state index in [1.807, 2.05) is 48.5 Å². The van der Waals surface area contributed by atoms with Crippen molar-refractivity contribution in [2.45, 2.75) is 0 Å². The number of hydrogen-bond acceptors (Lipinski definition) is 4. The summed E-state index contributed by atoms with van der Waals surface area (Å²) in [5.41, 5.74) is 1.83. The molecular formula is C21H17N3O3. The van der Waals surface area contributed by atoms with Gasteiger partial charge in [-0.1, -0.05) is 36.4 Å². The van der Waals surface area contributed by atoms with Gasteiger partial charge in [-0.15, -0.1) is 0 Å². The van der Waals surface area contributed by atoms with Gasteiger partial charge in [-0.25, -0.2) is 0 Å². The molecule has 4 aromatic rings. The van der Waals surface area contributed by atoms with Gasteiger partial charge in [0.15, 0.2) is 5.76 Å². The first-order valence-corrected chi connectivity index (χ1v) is 8.61. The smallest absolute Gasteiger partial charge is 0.287 e. The number of carbonyl (C=O) groups is 2. The van der Waals surface area contributed by atoms with E-state index in [2.05, 4.69) is 15.6 Å². The number of fused-ring (bicyclic) bond motifs is 2. The maximum Gasteiger partial charge on any atom is 0.287 e. The fourth-order valence-corrected chi connectivity index (χ4v) is 2.92. The van der Waals surface area contributed by atoms with E-state index < -0.39 is 0 Å². The lowest BCUT2D eigenvalue weighted by Crippen LogP contribution is -2.34. The quantitative estimate of drug-likeness (QED) is 0.536. The second kappa shape index (κ2) is 7.29. The summed E-state index contributed by atoms with van der Waals surface area (Å²) < 4.78 is 5.52. The average Bonchev–Trinajstić information content (AvgIpc) is 3.15.